The molecule has 8 heteroatoms. The van der Waals surface area contributed by atoms with Gasteiger partial charge in [0, 0.05) is 18.3 Å². The van der Waals surface area contributed by atoms with Gasteiger partial charge in [0.05, 0.1) is 28.4 Å². The van der Waals surface area contributed by atoms with Crippen molar-refractivity contribution in [2.45, 2.75) is 64.9 Å². The summed E-state index contributed by atoms with van der Waals surface area (Å²) < 4.78 is 32.7. The van der Waals surface area contributed by atoms with Crippen LogP contribution in [0, 0.1) is 0 Å². The van der Waals surface area contributed by atoms with Gasteiger partial charge in [-0.2, -0.15) is 0 Å². The summed E-state index contributed by atoms with van der Waals surface area (Å²) in [5.74, 6) is 0.768. The van der Waals surface area contributed by atoms with Crippen molar-refractivity contribution >= 4 is 31.1 Å². The van der Waals surface area contributed by atoms with Crippen molar-refractivity contribution in [3.05, 3.63) is 39.6 Å². The second-order valence-electron chi connectivity index (χ2n) is 7.29. The molecule has 0 saturated carbocycles. The zero-order chi connectivity index (χ0) is 20.8. The molecule has 0 saturated heterocycles. The maximum Gasteiger partial charge on any atom is 0.359 e. The monoisotopic (exact) mass is 445 g/mol. The average Bonchev–Trinajstić information content (AvgIpc) is 2.61. The molecule has 28 heavy (non-hydrogen) atoms. The van der Waals surface area contributed by atoms with Gasteiger partial charge in [-0.15, -0.1) is 11.8 Å². The van der Waals surface area contributed by atoms with Crippen molar-refractivity contribution in [2.75, 3.05) is 19.0 Å². The highest BCUT2D eigenvalue weighted by Gasteiger charge is 2.44. The minimum Gasteiger partial charge on any atom is -0.362 e. The summed E-state index contributed by atoms with van der Waals surface area (Å²) in [5.41, 5.74) is 0.762. The molecular weight excluding hydrogens is 413 g/mol. The van der Waals surface area contributed by atoms with Gasteiger partial charge in [0.2, 0.25) is 0 Å². The Balaban J connectivity index is 2.59. The first-order chi connectivity index (χ1) is 13.2. The standard InChI is InChI=1S/C20H32NO4PS2/c1-7-23-26(22,24-8-2)18-16(15-10-12-21-13-11-15)14-17(25-20(4,5)6)28-19(18)27-9-3/h10-13,16-17H,7-9,14H2,1-6H3/t16-,17+/m1/s1. The van der Waals surface area contributed by atoms with Crippen molar-refractivity contribution in [1.82, 2.24) is 4.98 Å². The van der Waals surface area contributed by atoms with E-state index < -0.39 is 7.60 Å². The third-order valence-electron chi connectivity index (χ3n) is 3.97. The molecule has 0 spiro atoms. The predicted molar refractivity (Wildman–Crippen MR) is 120 cm³/mol. The molecule has 2 heterocycles. The lowest BCUT2D eigenvalue weighted by molar-refractivity contribution is -0.0233. The summed E-state index contributed by atoms with van der Waals surface area (Å²) in [5, 5.41) is 0.771. The van der Waals surface area contributed by atoms with Gasteiger partial charge < -0.3 is 13.8 Å². The zero-order valence-electron chi connectivity index (χ0n) is 17.6. The van der Waals surface area contributed by atoms with Crippen LogP contribution in [0.25, 0.3) is 0 Å². The van der Waals surface area contributed by atoms with Gasteiger partial charge in [0.15, 0.2) is 0 Å². The van der Waals surface area contributed by atoms with Crippen LogP contribution in [-0.2, 0) is 18.3 Å². The summed E-state index contributed by atoms with van der Waals surface area (Å²) in [6.07, 6.45) is 4.25. The Morgan fingerprint density at radius 2 is 1.79 bits per heavy atom. The largest absolute Gasteiger partial charge is 0.362 e. The average molecular weight is 446 g/mol. The molecule has 158 valence electrons. The fourth-order valence-corrected chi connectivity index (χ4v) is 8.63. The molecular formula is C20H32NO4PS2. The van der Waals surface area contributed by atoms with Gasteiger partial charge in [-0.1, -0.05) is 18.7 Å². The summed E-state index contributed by atoms with van der Waals surface area (Å²) in [6.45, 7) is 12.6. The van der Waals surface area contributed by atoms with Gasteiger partial charge in [-0.25, -0.2) is 0 Å². The number of rotatable bonds is 9. The first-order valence-corrected chi connectivity index (χ1v) is 13.2. The maximum atomic E-state index is 13.8. The fraction of sp³-hybridized carbons (Fsp3) is 0.650. The van der Waals surface area contributed by atoms with E-state index >= 15 is 0 Å². The number of hydrogen-bond acceptors (Lipinski definition) is 7. The SMILES string of the molecule is CCOP(=O)(OCC)C1=C(SCC)S[C@H](OC(C)(C)C)C[C@@H]1c1ccncc1. The second kappa shape index (κ2) is 10.6. The Labute approximate surface area is 177 Å². The van der Waals surface area contributed by atoms with E-state index in [0.29, 0.717) is 19.6 Å². The first-order valence-electron chi connectivity index (χ1n) is 9.75. The summed E-state index contributed by atoms with van der Waals surface area (Å²) >= 11 is 3.32. The van der Waals surface area contributed by atoms with Crippen molar-refractivity contribution < 1.29 is 18.3 Å². The third kappa shape index (κ3) is 6.35. The van der Waals surface area contributed by atoms with Crippen LogP contribution in [0.2, 0.25) is 0 Å². The lowest BCUT2D eigenvalue weighted by Gasteiger charge is -2.38. The maximum absolute atomic E-state index is 13.8. The van der Waals surface area contributed by atoms with E-state index in [9.17, 15) is 4.57 Å². The number of pyridine rings is 1. The molecule has 5 nitrogen and oxygen atoms in total. The Morgan fingerprint density at radius 1 is 1.18 bits per heavy atom. The van der Waals surface area contributed by atoms with E-state index in [4.69, 9.17) is 13.8 Å². The number of thioether (sulfide) groups is 2. The van der Waals surface area contributed by atoms with E-state index in [1.807, 2.05) is 26.0 Å². The third-order valence-corrected chi connectivity index (χ3v) is 8.99. The van der Waals surface area contributed by atoms with Gasteiger partial charge in [0.25, 0.3) is 0 Å². The van der Waals surface area contributed by atoms with Gasteiger partial charge in [-0.3, -0.25) is 9.55 Å². The molecule has 1 aromatic heterocycles. The van der Waals surface area contributed by atoms with E-state index in [2.05, 4.69) is 32.7 Å². The topological polar surface area (TPSA) is 57.7 Å². The molecule has 0 unspecified atom stereocenters. The Hall–Kier alpha value is -0.300. The van der Waals surface area contributed by atoms with Crippen LogP contribution >= 0.6 is 31.1 Å². The highest BCUT2D eigenvalue weighted by molar-refractivity contribution is 8.22. The zero-order valence-corrected chi connectivity index (χ0v) is 20.2. The lowest BCUT2D eigenvalue weighted by Crippen LogP contribution is -2.29. The van der Waals surface area contributed by atoms with Crippen LogP contribution in [-0.4, -0.2) is 35.0 Å². The normalized spacial score (nSPS) is 21.2. The molecule has 0 aliphatic carbocycles. The van der Waals surface area contributed by atoms with Crippen molar-refractivity contribution in [3.8, 4) is 0 Å². The molecule has 0 radical (unpaired) electrons. The minimum absolute atomic E-state index is 0.0346. The highest BCUT2D eigenvalue weighted by atomic mass is 32.2. The van der Waals surface area contributed by atoms with Crippen molar-refractivity contribution in [1.29, 1.82) is 0 Å². The van der Waals surface area contributed by atoms with Crippen LogP contribution in [0.5, 0.6) is 0 Å². The van der Waals surface area contributed by atoms with Gasteiger partial charge in [0.1, 0.15) is 5.44 Å². The van der Waals surface area contributed by atoms with Gasteiger partial charge in [-0.05, 0) is 64.5 Å². The molecule has 1 aliphatic rings. The van der Waals surface area contributed by atoms with Crippen LogP contribution in [0.4, 0.5) is 0 Å². The van der Waals surface area contributed by atoms with E-state index in [1.54, 1.807) is 35.9 Å². The first kappa shape index (κ1) is 24.0. The van der Waals surface area contributed by atoms with Crippen molar-refractivity contribution in [3.63, 3.8) is 0 Å². The van der Waals surface area contributed by atoms with E-state index in [-0.39, 0.29) is 17.0 Å². The number of nitrogens with zero attached hydrogens (tertiary/aromatic N) is 1. The highest BCUT2D eigenvalue weighted by Crippen LogP contribution is 2.67. The molecule has 0 bridgehead atoms. The van der Waals surface area contributed by atoms with E-state index in [0.717, 1.165) is 20.9 Å². The van der Waals surface area contributed by atoms with E-state index in [1.165, 1.54) is 0 Å². The number of allylic oxidation sites excluding steroid dienone is 1. The Bertz CT molecular complexity index is 696. The number of hydrogen-bond donors (Lipinski definition) is 0. The Morgan fingerprint density at radius 3 is 2.29 bits per heavy atom. The molecule has 0 aromatic carbocycles. The summed E-state index contributed by atoms with van der Waals surface area (Å²) in [4.78, 5) is 4.14. The second-order valence-corrected chi connectivity index (χ2v) is 12.0. The molecule has 0 amide bonds. The molecule has 1 aliphatic heterocycles. The van der Waals surface area contributed by atoms with Gasteiger partial charge >= 0.3 is 7.60 Å². The molecule has 2 rings (SSSR count). The number of aromatic nitrogens is 1. The molecule has 2 atom stereocenters. The Kier molecular flexibility index (Phi) is 9.12. The van der Waals surface area contributed by atoms with Crippen molar-refractivity contribution in [2.24, 2.45) is 0 Å². The summed E-state index contributed by atoms with van der Waals surface area (Å²) in [7, 11) is -3.42. The van der Waals surface area contributed by atoms with Crippen LogP contribution in [0.15, 0.2) is 34.1 Å². The molecule has 0 N–H and O–H groups in total. The summed E-state index contributed by atoms with van der Waals surface area (Å²) in [6, 6.07) is 3.95. The molecule has 1 aromatic rings. The molecule has 0 fully saturated rings. The predicted octanol–water partition coefficient (Wildman–Crippen LogP) is 6.63. The quantitative estimate of drug-likeness (QED) is 0.395. The minimum atomic E-state index is -3.42. The fourth-order valence-electron chi connectivity index (χ4n) is 3.09. The van der Waals surface area contributed by atoms with Crippen LogP contribution in [0.3, 0.4) is 0 Å². The van der Waals surface area contributed by atoms with Crippen LogP contribution < -0.4 is 0 Å². The van der Waals surface area contributed by atoms with Crippen LogP contribution in [0.1, 0.15) is 59.4 Å². The number of ether oxygens (including phenoxy) is 1. The smallest absolute Gasteiger partial charge is 0.359 e. The lowest BCUT2D eigenvalue weighted by atomic mass is 9.96.